The molecule has 1 aromatic rings. The van der Waals surface area contributed by atoms with Crippen LogP contribution in [0.25, 0.3) is 0 Å². The Morgan fingerprint density at radius 1 is 1.22 bits per heavy atom. The smallest absolute Gasteiger partial charge is 0.0314 e. The van der Waals surface area contributed by atoms with Crippen LogP contribution in [0.1, 0.15) is 45.2 Å². The van der Waals surface area contributed by atoms with E-state index in [2.05, 4.69) is 56.4 Å². The Morgan fingerprint density at radius 2 is 1.83 bits per heavy atom. The van der Waals surface area contributed by atoms with E-state index in [1.165, 1.54) is 18.4 Å². The zero-order valence-corrected chi connectivity index (χ0v) is 11.8. The van der Waals surface area contributed by atoms with Crippen LogP contribution in [0, 0.1) is 11.8 Å². The van der Waals surface area contributed by atoms with Crippen molar-refractivity contribution in [2.75, 3.05) is 6.54 Å². The summed E-state index contributed by atoms with van der Waals surface area (Å²) in [4.78, 5) is 0. The highest BCUT2D eigenvalue weighted by molar-refractivity contribution is 5.19. The van der Waals surface area contributed by atoms with Gasteiger partial charge in [0, 0.05) is 18.1 Å². The van der Waals surface area contributed by atoms with E-state index in [-0.39, 0.29) is 5.54 Å². The van der Waals surface area contributed by atoms with Gasteiger partial charge in [0.2, 0.25) is 0 Å². The molecule has 18 heavy (non-hydrogen) atoms. The maximum Gasteiger partial charge on any atom is 0.0314 e. The fraction of sp³-hybridized carbons (Fsp3) is 0.625. The van der Waals surface area contributed by atoms with Gasteiger partial charge in [0.05, 0.1) is 0 Å². The molecular weight excluding hydrogens is 220 g/mol. The molecule has 1 atom stereocenters. The van der Waals surface area contributed by atoms with Crippen LogP contribution < -0.4 is 11.1 Å². The lowest BCUT2D eigenvalue weighted by Crippen LogP contribution is -2.61. The summed E-state index contributed by atoms with van der Waals surface area (Å²) >= 11 is 0. The second-order valence-corrected chi connectivity index (χ2v) is 6.17. The fourth-order valence-corrected chi connectivity index (χ4v) is 3.04. The van der Waals surface area contributed by atoms with Gasteiger partial charge in [-0.05, 0) is 37.2 Å². The molecule has 0 radical (unpaired) electrons. The van der Waals surface area contributed by atoms with Gasteiger partial charge in [-0.2, -0.15) is 0 Å². The van der Waals surface area contributed by atoms with Gasteiger partial charge in [0.25, 0.3) is 0 Å². The van der Waals surface area contributed by atoms with Crippen LogP contribution >= 0.6 is 0 Å². The molecule has 1 saturated carbocycles. The molecule has 0 spiro atoms. The highest BCUT2D eigenvalue weighted by atomic mass is 15.0. The highest BCUT2D eigenvalue weighted by Gasteiger charge is 2.44. The average Bonchev–Trinajstić information content (AvgIpc) is 2.33. The lowest BCUT2D eigenvalue weighted by molar-refractivity contribution is 0.0674. The normalized spacial score (nSPS) is 29.1. The average molecular weight is 246 g/mol. The predicted molar refractivity (Wildman–Crippen MR) is 77.3 cm³/mol. The van der Waals surface area contributed by atoms with E-state index in [1.54, 1.807) is 0 Å². The summed E-state index contributed by atoms with van der Waals surface area (Å²) in [5, 5.41) is 3.76. The minimum Gasteiger partial charge on any atom is -0.329 e. The number of rotatable bonds is 5. The van der Waals surface area contributed by atoms with E-state index in [4.69, 9.17) is 5.73 Å². The first-order chi connectivity index (χ1) is 8.56. The Morgan fingerprint density at radius 3 is 2.33 bits per heavy atom. The number of nitrogens with two attached hydrogens (primary N) is 1. The third kappa shape index (κ3) is 2.76. The monoisotopic (exact) mass is 246 g/mol. The summed E-state index contributed by atoms with van der Waals surface area (Å²) in [5.41, 5.74) is 7.51. The van der Waals surface area contributed by atoms with Gasteiger partial charge in [-0.3, -0.25) is 0 Å². The van der Waals surface area contributed by atoms with E-state index in [0.29, 0.717) is 6.04 Å². The van der Waals surface area contributed by atoms with Crippen molar-refractivity contribution in [1.82, 2.24) is 5.32 Å². The van der Waals surface area contributed by atoms with Crippen molar-refractivity contribution in [3.8, 4) is 0 Å². The highest BCUT2D eigenvalue weighted by Crippen LogP contribution is 2.42. The van der Waals surface area contributed by atoms with Crippen molar-refractivity contribution in [2.24, 2.45) is 17.6 Å². The molecule has 1 aromatic carbocycles. The van der Waals surface area contributed by atoms with Gasteiger partial charge >= 0.3 is 0 Å². The van der Waals surface area contributed by atoms with E-state index in [1.807, 2.05) is 0 Å². The van der Waals surface area contributed by atoms with Crippen LogP contribution in [0.3, 0.4) is 0 Å². The van der Waals surface area contributed by atoms with Gasteiger partial charge in [-0.1, -0.05) is 44.2 Å². The first-order valence-electron chi connectivity index (χ1n) is 7.09. The van der Waals surface area contributed by atoms with Crippen LogP contribution in [0.2, 0.25) is 0 Å². The summed E-state index contributed by atoms with van der Waals surface area (Å²) in [6.07, 6.45) is 2.44. The Bertz CT molecular complexity index is 366. The van der Waals surface area contributed by atoms with Crippen molar-refractivity contribution in [1.29, 1.82) is 0 Å². The van der Waals surface area contributed by atoms with Gasteiger partial charge in [-0.15, -0.1) is 0 Å². The number of benzene rings is 1. The molecule has 0 aromatic heterocycles. The molecule has 0 amide bonds. The van der Waals surface area contributed by atoms with Gasteiger partial charge < -0.3 is 11.1 Å². The van der Waals surface area contributed by atoms with E-state index >= 15 is 0 Å². The van der Waals surface area contributed by atoms with Gasteiger partial charge in [-0.25, -0.2) is 0 Å². The molecule has 0 saturated heterocycles. The summed E-state index contributed by atoms with van der Waals surface area (Å²) in [7, 11) is 0. The van der Waals surface area contributed by atoms with E-state index in [0.717, 1.165) is 18.4 Å². The Balaban J connectivity index is 1.96. The minimum atomic E-state index is 0.171. The first kappa shape index (κ1) is 13.6. The van der Waals surface area contributed by atoms with Crippen molar-refractivity contribution >= 4 is 0 Å². The molecule has 0 bridgehead atoms. The van der Waals surface area contributed by atoms with Crippen LogP contribution in [0.15, 0.2) is 30.3 Å². The molecule has 100 valence electrons. The SMILES string of the molecule is CC(NC1(CN)CC(C(C)C)C1)c1ccccc1. The molecule has 0 aliphatic heterocycles. The topological polar surface area (TPSA) is 38.0 Å². The van der Waals surface area contributed by atoms with Crippen molar-refractivity contribution < 1.29 is 0 Å². The van der Waals surface area contributed by atoms with Crippen LogP contribution in [0.4, 0.5) is 0 Å². The zero-order chi connectivity index (χ0) is 13.2. The van der Waals surface area contributed by atoms with Gasteiger partial charge in [0.15, 0.2) is 0 Å². The fourth-order valence-electron chi connectivity index (χ4n) is 3.04. The Kier molecular flexibility index (Phi) is 4.08. The molecule has 0 heterocycles. The quantitative estimate of drug-likeness (QED) is 0.838. The van der Waals surface area contributed by atoms with Crippen LogP contribution in [-0.2, 0) is 0 Å². The first-order valence-corrected chi connectivity index (χ1v) is 7.09. The van der Waals surface area contributed by atoms with E-state index in [9.17, 15) is 0 Å². The molecule has 2 rings (SSSR count). The molecular formula is C16H26N2. The van der Waals surface area contributed by atoms with E-state index < -0.39 is 0 Å². The summed E-state index contributed by atoms with van der Waals surface area (Å²) in [6, 6.07) is 11.0. The predicted octanol–water partition coefficient (Wildman–Crippen LogP) is 3.10. The second-order valence-electron chi connectivity index (χ2n) is 6.17. The molecule has 1 aliphatic carbocycles. The molecule has 2 heteroatoms. The minimum absolute atomic E-state index is 0.171. The molecule has 1 fully saturated rings. The zero-order valence-electron chi connectivity index (χ0n) is 11.8. The number of nitrogens with one attached hydrogen (secondary N) is 1. The molecule has 1 unspecified atom stereocenters. The lowest BCUT2D eigenvalue weighted by Gasteiger charge is -2.51. The summed E-state index contributed by atoms with van der Waals surface area (Å²) < 4.78 is 0. The van der Waals surface area contributed by atoms with Crippen molar-refractivity contribution in [2.45, 2.75) is 45.2 Å². The summed E-state index contributed by atoms with van der Waals surface area (Å²) in [5.74, 6) is 1.61. The van der Waals surface area contributed by atoms with Crippen LogP contribution in [0.5, 0.6) is 0 Å². The summed E-state index contributed by atoms with van der Waals surface area (Å²) in [6.45, 7) is 7.60. The molecule has 2 nitrogen and oxygen atoms in total. The third-order valence-electron chi connectivity index (χ3n) is 4.46. The van der Waals surface area contributed by atoms with Crippen molar-refractivity contribution in [3.63, 3.8) is 0 Å². The largest absolute Gasteiger partial charge is 0.329 e. The molecule has 3 N–H and O–H groups in total. The van der Waals surface area contributed by atoms with Crippen molar-refractivity contribution in [3.05, 3.63) is 35.9 Å². The maximum absolute atomic E-state index is 6.00. The maximum atomic E-state index is 6.00. The van der Waals surface area contributed by atoms with Gasteiger partial charge in [0.1, 0.15) is 0 Å². The lowest BCUT2D eigenvalue weighted by atomic mass is 9.63. The third-order valence-corrected chi connectivity index (χ3v) is 4.46. The standard InChI is InChI=1S/C16H26N2/c1-12(2)15-9-16(10-15,11-17)18-13(3)14-7-5-4-6-8-14/h4-8,12-13,15,18H,9-11,17H2,1-3H3. The van der Waals surface area contributed by atoms with Crippen LogP contribution in [-0.4, -0.2) is 12.1 Å². The Labute approximate surface area is 111 Å². The number of hydrogen-bond donors (Lipinski definition) is 2. The Hall–Kier alpha value is -0.860. The molecule has 1 aliphatic rings. The number of hydrogen-bond acceptors (Lipinski definition) is 2. The second kappa shape index (κ2) is 5.41.